The van der Waals surface area contributed by atoms with Gasteiger partial charge in [0.05, 0.1) is 5.56 Å². The van der Waals surface area contributed by atoms with Gasteiger partial charge in [-0.25, -0.2) is 4.98 Å². The van der Waals surface area contributed by atoms with Crippen LogP contribution in [-0.2, 0) is 6.18 Å². The molecule has 4 nitrogen and oxygen atoms in total. The maximum Gasteiger partial charge on any atom is 0.417 e. The van der Waals surface area contributed by atoms with Crippen LogP contribution in [0.1, 0.15) is 12.0 Å². The quantitative estimate of drug-likeness (QED) is 0.673. The molecule has 1 aromatic heterocycles. The van der Waals surface area contributed by atoms with Crippen LogP contribution in [0.25, 0.3) is 0 Å². The van der Waals surface area contributed by atoms with E-state index >= 15 is 0 Å². The van der Waals surface area contributed by atoms with Crippen LogP contribution in [0, 0.1) is 0 Å². The van der Waals surface area contributed by atoms with Gasteiger partial charge in [-0.2, -0.15) is 13.2 Å². The third-order valence-corrected chi connectivity index (χ3v) is 3.98. The van der Waals surface area contributed by atoms with Crippen LogP contribution in [0.5, 0.6) is 0 Å². The number of rotatable bonds is 3. The van der Waals surface area contributed by atoms with Gasteiger partial charge in [-0.15, -0.1) is 6.58 Å². The minimum Gasteiger partial charge on any atom is -0.359 e. The number of nitrogens with zero attached hydrogens (tertiary/aromatic N) is 3. The molecule has 0 radical (unpaired) electrons. The largest absolute Gasteiger partial charge is 0.417 e. The molecular formula is C15H19F3N4S. The van der Waals surface area contributed by atoms with Crippen LogP contribution in [-0.4, -0.2) is 47.7 Å². The van der Waals surface area contributed by atoms with Crippen molar-refractivity contribution < 1.29 is 13.2 Å². The Morgan fingerprint density at radius 2 is 2.09 bits per heavy atom. The molecule has 1 saturated heterocycles. The lowest BCUT2D eigenvalue weighted by Crippen LogP contribution is -2.41. The summed E-state index contributed by atoms with van der Waals surface area (Å²) < 4.78 is 37.7. The van der Waals surface area contributed by atoms with E-state index < -0.39 is 11.7 Å². The average molecular weight is 344 g/mol. The third kappa shape index (κ3) is 4.82. The fourth-order valence-electron chi connectivity index (χ4n) is 2.36. The molecule has 1 aromatic rings. The van der Waals surface area contributed by atoms with Gasteiger partial charge < -0.3 is 15.1 Å². The molecule has 1 aliphatic heterocycles. The van der Waals surface area contributed by atoms with Crippen LogP contribution in [0.3, 0.4) is 0 Å². The summed E-state index contributed by atoms with van der Waals surface area (Å²) in [5.74, 6) is 0.560. The lowest BCUT2D eigenvalue weighted by Gasteiger charge is -2.24. The minimum absolute atomic E-state index is 0.560. The predicted molar refractivity (Wildman–Crippen MR) is 88.4 cm³/mol. The average Bonchev–Trinajstić information content (AvgIpc) is 2.78. The number of anilines is 1. The van der Waals surface area contributed by atoms with Crippen LogP contribution in [0.15, 0.2) is 31.0 Å². The molecule has 0 bridgehead atoms. The highest BCUT2D eigenvalue weighted by Gasteiger charge is 2.31. The number of alkyl halides is 3. The van der Waals surface area contributed by atoms with E-state index in [-0.39, 0.29) is 0 Å². The van der Waals surface area contributed by atoms with Crippen molar-refractivity contribution in [2.45, 2.75) is 12.6 Å². The van der Waals surface area contributed by atoms with Crippen LogP contribution in [0.4, 0.5) is 19.0 Å². The lowest BCUT2D eigenvalue weighted by molar-refractivity contribution is -0.137. The Balaban J connectivity index is 1.97. The second kappa shape index (κ2) is 7.63. The van der Waals surface area contributed by atoms with E-state index in [9.17, 15) is 13.2 Å². The maximum absolute atomic E-state index is 12.6. The fraction of sp³-hybridized carbons (Fsp3) is 0.467. The third-order valence-electron chi connectivity index (χ3n) is 3.58. The Kier molecular flexibility index (Phi) is 5.81. The molecule has 23 heavy (non-hydrogen) atoms. The Morgan fingerprint density at radius 1 is 1.30 bits per heavy atom. The SMILES string of the molecule is C=CCNC(=S)N1CCCN(c2ccc(C(F)(F)F)cn2)CC1. The first-order valence-corrected chi connectivity index (χ1v) is 7.74. The Morgan fingerprint density at radius 3 is 2.70 bits per heavy atom. The number of hydrogen-bond donors (Lipinski definition) is 1. The first-order chi connectivity index (χ1) is 10.9. The van der Waals surface area contributed by atoms with Gasteiger partial charge in [0.1, 0.15) is 5.82 Å². The zero-order valence-electron chi connectivity index (χ0n) is 12.6. The van der Waals surface area contributed by atoms with E-state index in [0.29, 0.717) is 30.6 Å². The summed E-state index contributed by atoms with van der Waals surface area (Å²) in [5.41, 5.74) is -0.729. The summed E-state index contributed by atoms with van der Waals surface area (Å²) in [6, 6.07) is 2.49. The molecule has 0 amide bonds. The summed E-state index contributed by atoms with van der Waals surface area (Å²) in [6.07, 6.45) is -0.875. The lowest BCUT2D eigenvalue weighted by atomic mass is 10.2. The second-order valence-corrected chi connectivity index (χ2v) is 5.59. The molecule has 0 aliphatic carbocycles. The highest BCUT2D eigenvalue weighted by atomic mass is 32.1. The van der Waals surface area contributed by atoms with Gasteiger partial charge in [0, 0.05) is 38.9 Å². The number of hydrogen-bond acceptors (Lipinski definition) is 3. The standard InChI is InChI=1S/C15H19F3N4S/c1-2-6-19-14(23)22-8-3-7-21(9-10-22)13-5-4-12(11-20-13)15(16,17)18/h2,4-5,11H,1,3,6-10H2,(H,19,23). The summed E-state index contributed by atoms with van der Waals surface area (Å²) >= 11 is 5.32. The highest BCUT2D eigenvalue weighted by molar-refractivity contribution is 7.80. The Bertz CT molecular complexity index is 545. The number of thiocarbonyl (C=S) groups is 1. The molecule has 0 atom stereocenters. The van der Waals surface area contributed by atoms with Gasteiger partial charge in [-0.3, -0.25) is 0 Å². The van der Waals surface area contributed by atoms with Gasteiger partial charge >= 0.3 is 6.18 Å². The molecule has 0 unspecified atom stereocenters. The van der Waals surface area contributed by atoms with E-state index in [4.69, 9.17) is 12.2 Å². The van der Waals surface area contributed by atoms with E-state index in [2.05, 4.69) is 21.8 Å². The molecule has 0 spiro atoms. The number of pyridine rings is 1. The topological polar surface area (TPSA) is 31.4 Å². The highest BCUT2D eigenvalue weighted by Crippen LogP contribution is 2.29. The maximum atomic E-state index is 12.6. The first kappa shape index (κ1) is 17.5. The molecular weight excluding hydrogens is 325 g/mol. The molecule has 2 heterocycles. The number of halogens is 3. The van der Waals surface area contributed by atoms with Crippen molar-refractivity contribution in [1.29, 1.82) is 0 Å². The van der Waals surface area contributed by atoms with E-state index in [1.165, 1.54) is 6.07 Å². The predicted octanol–water partition coefficient (Wildman–Crippen LogP) is 2.67. The Labute approximate surface area is 139 Å². The zero-order chi connectivity index (χ0) is 16.9. The molecule has 2 rings (SSSR count). The van der Waals surface area contributed by atoms with Crippen LogP contribution in [0.2, 0.25) is 0 Å². The van der Waals surface area contributed by atoms with Gasteiger partial charge in [-0.1, -0.05) is 6.08 Å². The van der Waals surface area contributed by atoms with E-state index in [1.807, 2.05) is 4.90 Å². The molecule has 0 saturated carbocycles. The monoisotopic (exact) mass is 344 g/mol. The molecule has 8 heteroatoms. The van der Waals surface area contributed by atoms with Crippen LogP contribution >= 0.6 is 12.2 Å². The summed E-state index contributed by atoms with van der Waals surface area (Å²) in [7, 11) is 0. The summed E-state index contributed by atoms with van der Waals surface area (Å²) in [4.78, 5) is 8.00. The molecule has 0 aromatic carbocycles. The fourth-order valence-corrected chi connectivity index (χ4v) is 2.63. The van der Waals surface area contributed by atoms with Crippen molar-refractivity contribution in [1.82, 2.24) is 15.2 Å². The van der Waals surface area contributed by atoms with Crippen molar-refractivity contribution in [3.8, 4) is 0 Å². The normalized spacial score (nSPS) is 16.0. The van der Waals surface area contributed by atoms with Crippen LogP contribution < -0.4 is 10.2 Å². The molecule has 1 aliphatic rings. The first-order valence-electron chi connectivity index (χ1n) is 7.33. The van der Waals surface area contributed by atoms with E-state index in [1.54, 1.807) is 6.08 Å². The smallest absolute Gasteiger partial charge is 0.359 e. The van der Waals surface area contributed by atoms with Crippen molar-refractivity contribution in [3.05, 3.63) is 36.5 Å². The van der Waals surface area contributed by atoms with Crippen molar-refractivity contribution in [2.75, 3.05) is 37.6 Å². The van der Waals surface area contributed by atoms with Gasteiger partial charge in [-0.05, 0) is 30.8 Å². The van der Waals surface area contributed by atoms with E-state index in [0.717, 1.165) is 31.8 Å². The van der Waals surface area contributed by atoms with Crippen molar-refractivity contribution in [2.24, 2.45) is 0 Å². The van der Waals surface area contributed by atoms with Crippen molar-refractivity contribution in [3.63, 3.8) is 0 Å². The summed E-state index contributed by atoms with van der Waals surface area (Å²) in [5, 5.41) is 3.76. The molecule has 1 fully saturated rings. The van der Waals surface area contributed by atoms with Gasteiger partial charge in [0.15, 0.2) is 5.11 Å². The van der Waals surface area contributed by atoms with Gasteiger partial charge in [0.25, 0.3) is 0 Å². The zero-order valence-corrected chi connectivity index (χ0v) is 13.5. The minimum atomic E-state index is -4.36. The van der Waals surface area contributed by atoms with Gasteiger partial charge in [0.2, 0.25) is 0 Å². The number of nitrogens with one attached hydrogen (secondary N) is 1. The van der Waals surface area contributed by atoms with Crippen molar-refractivity contribution >= 4 is 23.1 Å². The molecule has 126 valence electrons. The second-order valence-electron chi connectivity index (χ2n) is 5.21. The Hall–Kier alpha value is -1.83. The molecule has 1 N–H and O–H groups in total. The summed E-state index contributed by atoms with van der Waals surface area (Å²) in [6.45, 7) is 7.15. The number of aromatic nitrogens is 1.